The van der Waals surface area contributed by atoms with Gasteiger partial charge in [-0.05, 0) is 13.0 Å². The van der Waals surface area contributed by atoms with Crippen molar-refractivity contribution in [2.75, 3.05) is 5.32 Å². The minimum absolute atomic E-state index is 0.134. The second kappa shape index (κ2) is 3.41. The number of aliphatic hydroxyl groups excluding tert-OH is 1. The molecular weight excluding hydrogens is 220 g/mol. The normalized spacial score (nSPS) is 19.4. The van der Waals surface area contributed by atoms with Crippen molar-refractivity contribution in [3.05, 3.63) is 23.8 Å². The first-order chi connectivity index (χ1) is 7.42. The number of rotatable bonds is 1. The Labute approximate surface area is 89.8 Å². The fraction of sp³-hybridized carbons (Fsp3) is 0.300. The molecule has 1 aliphatic rings. The van der Waals surface area contributed by atoms with Gasteiger partial charge in [-0.2, -0.15) is 8.78 Å². The SMILES string of the molecule is C[C@H](O)c1cccc2c1OC(F)(F)C(=O)N2. The molecule has 1 aliphatic heterocycles. The molecule has 4 nitrogen and oxygen atoms in total. The molecule has 1 aromatic carbocycles. The maximum Gasteiger partial charge on any atom is 0.482 e. The van der Waals surface area contributed by atoms with Crippen molar-refractivity contribution in [3.8, 4) is 5.75 Å². The van der Waals surface area contributed by atoms with Crippen LogP contribution in [-0.4, -0.2) is 17.1 Å². The maximum absolute atomic E-state index is 13.0. The second-order valence-electron chi connectivity index (χ2n) is 3.47. The highest BCUT2D eigenvalue weighted by atomic mass is 19.3. The van der Waals surface area contributed by atoms with Gasteiger partial charge in [-0.25, -0.2) is 0 Å². The van der Waals surface area contributed by atoms with E-state index >= 15 is 0 Å². The zero-order valence-electron chi connectivity index (χ0n) is 8.33. The summed E-state index contributed by atoms with van der Waals surface area (Å²) in [5, 5.41) is 11.4. The summed E-state index contributed by atoms with van der Waals surface area (Å²) in [6.07, 6.45) is -4.86. The number of halogens is 2. The van der Waals surface area contributed by atoms with Gasteiger partial charge in [0.1, 0.15) is 0 Å². The fourth-order valence-corrected chi connectivity index (χ4v) is 1.47. The summed E-state index contributed by atoms with van der Waals surface area (Å²) >= 11 is 0. The number of amides is 1. The number of nitrogens with one attached hydrogen (secondary N) is 1. The third kappa shape index (κ3) is 1.61. The molecule has 0 spiro atoms. The van der Waals surface area contributed by atoms with Crippen molar-refractivity contribution in [2.45, 2.75) is 19.1 Å². The summed E-state index contributed by atoms with van der Waals surface area (Å²) in [4.78, 5) is 10.9. The van der Waals surface area contributed by atoms with E-state index in [0.29, 0.717) is 0 Å². The Kier molecular flexibility index (Phi) is 2.31. The van der Waals surface area contributed by atoms with Crippen molar-refractivity contribution in [1.82, 2.24) is 0 Å². The summed E-state index contributed by atoms with van der Waals surface area (Å²) in [5.74, 6) is -1.70. The topological polar surface area (TPSA) is 58.6 Å². The molecule has 1 aromatic rings. The van der Waals surface area contributed by atoms with Gasteiger partial charge in [-0.1, -0.05) is 12.1 Å². The summed E-state index contributed by atoms with van der Waals surface area (Å²) in [6, 6.07) is 4.42. The van der Waals surface area contributed by atoms with Crippen LogP contribution in [0.3, 0.4) is 0 Å². The lowest BCUT2D eigenvalue weighted by Crippen LogP contribution is -2.43. The van der Waals surface area contributed by atoms with Crippen molar-refractivity contribution in [3.63, 3.8) is 0 Å². The van der Waals surface area contributed by atoms with Crippen molar-refractivity contribution >= 4 is 11.6 Å². The summed E-state index contributed by atoms with van der Waals surface area (Å²) < 4.78 is 30.3. The van der Waals surface area contributed by atoms with Crippen LogP contribution in [0.15, 0.2) is 18.2 Å². The molecule has 0 aromatic heterocycles. The molecule has 0 aliphatic carbocycles. The molecule has 2 rings (SSSR count). The van der Waals surface area contributed by atoms with Crippen LogP contribution >= 0.6 is 0 Å². The van der Waals surface area contributed by atoms with E-state index in [4.69, 9.17) is 0 Å². The highest BCUT2D eigenvalue weighted by molar-refractivity contribution is 5.98. The molecule has 1 amide bonds. The molecule has 1 heterocycles. The minimum atomic E-state index is -3.90. The van der Waals surface area contributed by atoms with Crippen LogP contribution in [0.4, 0.5) is 14.5 Å². The maximum atomic E-state index is 13.0. The van der Waals surface area contributed by atoms with Gasteiger partial charge in [0, 0.05) is 5.56 Å². The zero-order valence-corrected chi connectivity index (χ0v) is 8.33. The van der Waals surface area contributed by atoms with E-state index < -0.39 is 18.1 Å². The van der Waals surface area contributed by atoms with E-state index in [0.717, 1.165) is 0 Å². The van der Waals surface area contributed by atoms with E-state index in [-0.39, 0.29) is 17.0 Å². The molecule has 0 fully saturated rings. The molecule has 0 unspecified atom stereocenters. The number of carbonyl (C=O) groups is 1. The van der Waals surface area contributed by atoms with Crippen LogP contribution in [0.2, 0.25) is 0 Å². The smallest absolute Gasteiger partial charge is 0.423 e. The van der Waals surface area contributed by atoms with Crippen LogP contribution in [0.25, 0.3) is 0 Å². The molecule has 1 atom stereocenters. The largest absolute Gasteiger partial charge is 0.482 e. The second-order valence-corrected chi connectivity index (χ2v) is 3.47. The number of anilines is 1. The standard InChI is InChI=1S/C10H9F2NO3/c1-5(14)6-3-2-4-7-8(6)16-10(11,12)9(15)13-7/h2-5,14H,1H3,(H,13,15)/t5-/m0/s1. The molecule has 0 bridgehead atoms. The molecule has 0 saturated heterocycles. The van der Waals surface area contributed by atoms with Gasteiger partial charge < -0.3 is 15.2 Å². The van der Waals surface area contributed by atoms with Crippen LogP contribution in [0.1, 0.15) is 18.6 Å². The number of carbonyl (C=O) groups excluding carboxylic acids is 1. The number of benzene rings is 1. The van der Waals surface area contributed by atoms with Crippen molar-refractivity contribution in [2.24, 2.45) is 0 Å². The lowest BCUT2D eigenvalue weighted by Gasteiger charge is -2.27. The molecule has 6 heteroatoms. The summed E-state index contributed by atoms with van der Waals surface area (Å²) in [7, 11) is 0. The Balaban J connectivity index is 2.52. The first kappa shape index (κ1) is 10.8. The number of aliphatic hydroxyl groups is 1. The average Bonchev–Trinajstić information content (AvgIpc) is 2.18. The predicted octanol–water partition coefficient (Wildman–Crippen LogP) is 1.66. The summed E-state index contributed by atoms with van der Waals surface area (Å²) in [5.41, 5.74) is 0.339. The molecule has 0 saturated carbocycles. The van der Waals surface area contributed by atoms with E-state index in [2.05, 4.69) is 4.74 Å². The van der Waals surface area contributed by atoms with Gasteiger partial charge in [0.05, 0.1) is 11.8 Å². The Morgan fingerprint density at radius 1 is 1.50 bits per heavy atom. The Bertz CT molecular complexity index is 446. The van der Waals surface area contributed by atoms with E-state index in [1.54, 1.807) is 0 Å². The van der Waals surface area contributed by atoms with Crippen LogP contribution < -0.4 is 10.1 Å². The van der Waals surface area contributed by atoms with Crippen LogP contribution in [0, 0.1) is 0 Å². The summed E-state index contributed by atoms with van der Waals surface area (Å²) in [6.45, 7) is 1.42. The van der Waals surface area contributed by atoms with E-state index in [1.807, 2.05) is 5.32 Å². The number of hydrogen-bond acceptors (Lipinski definition) is 3. The van der Waals surface area contributed by atoms with Crippen LogP contribution in [0.5, 0.6) is 5.75 Å². The molecular formula is C10H9F2NO3. The number of hydrogen-bond donors (Lipinski definition) is 2. The molecule has 2 N–H and O–H groups in total. The average molecular weight is 229 g/mol. The number of ether oxygens (including phenoxy) is 1. The quantitative estimate of drug-likeness (QED) is 0.770. The van der Waals surface area contributed by atoms with Gasteiger partial charge in [0.15, 0.2) is 5.75 Å². The van der Waals surface area contributed by atoms with Crippen LogP contribution in [-0.2, 0) is 4.79 Å². The van der Waals surface area contributed by atoms with Gasteiger partial charge >= 0.3 is 12.0 Å². The predicted molar refractivity (Wildman–Crippen MR) is 51.3 cm³/mol. The van der Waals surface area contributed by atoms with Crippen molar-refractivity contribution in [1.29, 1.82) is 0 Å². The zero-order chi connectivity index (χ0) is 11.9. The Hall–Kier alpha value is -1.69. The molecule has 86 valence electrons. The molecule has 16 heavy (non-hydrogen) atoms. The number of alkyl halides is 2. The van der Waals surface area contributed by atoms with E-state index in [9.17, 15) is 18.7 Å². The van der Waals surface area contributed by atoms with Gasteiger partial charge in [-0.15, -0.1) is 0 Å². The van der Waals surface area contributed by atoms with Gasteiger partial charge in [0.25, 0.3) is 0 Å². The Morgan fingerprint density at radius 2 is 2.19 bits per heavy atom. The third-order valence-corrected chi connectivity index (χ3v) is 2.24. The minimum Gasteiger partial charge on any atom is -0.423 e. The van der Waals surface area contributed by atoms with E-state index in [1.165, 1.54) is 25.1 Å². The third-order valence-electron chi connectivity index (χ3n) is 2.24. The first-order valence-electron chi connectivity index (χ1n) is 4.61. The highest BCUT2D eigenvalue weighted by Crippen LogP contribution is 2.40. The lowest BCUT2D eigenvalue weighted by atomic mass is 10.1. The number of para-hydroxylation sites is 1. The highest BCUT2D eigenvalue weighted by Gasteiger charge is 2.47. The molecule has 0 radical (unpaired) electrons. The Morgan fingerprint density at radius 3 is 2.81 bits per heavy atom. The first-order valence-corrected chi connectivity index (χ1v) is 4.61. The fourth-order valence-electron chi connectivity index (χ4n) is 1.47. The number of fused-ring (bicyclic) bond motifs is 1. The van der Waals surface area contributed by atoms with Crippen molar-refractivity contribution < 1.29 is 23.4 Å². The lowest BCUT2D eigenvalue weighted by molar-refractivity contribution is -0.189. The monoisotopic (exact) mass is 229 g/mol. The van der Waals surface area contributed by atoms with Gasteiger partial charge in [-0.3, -0.25) is 4.79 Å². The van der Waals surface area contributed by atoms with Gasteiger partial charge in [0.2, 0.25) is 0 Å².